The maximum absolute atomic E-state index is 12.1. The van der Waals surface area contributed by atoms with Gasteiger partial charge in [-0.1, -0.05) is 24.9 Å². The molecule has 0 spiro atoms. The number of rotatable bonds is 7. The minimum Gasteiger partial charge on any atom is -0.352 e. The number of nitro benzene ring substituents is 1. The highest BCUT2D eigenvalue weighted by molar-refractivity contribution is 6.32. The molecule has 1 aliphatic heterocycles. The summed E-state index contributed by atoms with van der Waals surface area (Å²) in [5, 5.41) is 13.7. The first-order chi connectivity index (χ1) is 11.5. The third kappa shape index (κ3) is 4.92. The second-order valence-corrected chi connectivity index (χ2v) is 6.53. The monoisotopic (exact) mass is 353 g/mol. The third-order valence-electron chi connectivity index (χ3n) is 4.53. The van der Waals surface area contributed by atoms with E-state index >= 15 is 0 Å². The maximum atomic E-state index is 12.1. The Kier molecular flexibility index (Phi) is 6.99. The van der Waals surface area contributed by atoms with Crippen LogP contribution < -0.4 is 5.32 Å². The van der Waals surface area contributed by atoms with Crippen LogP contribution >= 0.6 is 11.6 Å². The first kappa shape index (κ1) is 18.7. The van der Waals surface area contributed by atoms with Crippen molar-refractivity contribution in [2.75, 3.05) is 19.6 Å². The van der Waals surface area contributed by atoms with Crippen molar-refractivity contribution < 1.29 is 9.72 Å². The molecule has 132 valence electrons. The highest BCUT2D eigenvalue weighted by Crippen LogP contribution is 2.25. The topological polar surface area (TPSA) is 75.5 Å². The van der Waals surface area contributed by atoms with Crippen molar-refractivity contribution in [1.29, 1.82) is 0 Å². The Hall–Kier alpha value is -1.66. The van der Waals surface area contributed by atoms with Crippen LogP contribution in [0.1, 0.15) is 49.4 Å². The highest BCUT2D eigenvalue weighted by Gasteiger charge is 2.20. The molecule has 1 N–H and O–H groups in total. The van der Waals surface area contributed by atoms with Crippen LogP contribution in [0.4, 0.5) is 5.69 Å². The Morgan fingerprint density at radius 3 is 2.96 bits per heavy atom. The molecule has 0 saturated carbocycles. The van der Waals surface area contributed by atoms with E-state index in [0.29, 0.717) is 12.6 Å². The molecule has 2 rings (SSSR count). The standard InChI is InChI=1S/C17H24ClN3O3/c1-2-14-6-3-4-10-20(14)11-5-9-19-17(22)13-7-8-15(18)16(12-13)21(23)24/h7-8,12,14H,2-6,9-11H2,1H3,(H,19,22). The molecule has 0 aliphatic carbocycles. The summed E-state index contributed by atoms with van der Waals surface area (Å²) in [6, 6.07) is 4.76. The number of hydrogen-bond donors (Lipinski definition) is 1. The molecule has 0 bridgehead atoms. The second-order valence-electron chi connectivity index (χ2n) is 6.13. The lowest BCUT2D eigenvalue weighted by atomic mass is 10.00. The van der Waals surface area contributed by atoms with E-state index in [2.05, 4.69) is 17.1 Å². The van der Waals surface area contributed by atoms with Gasteiger partial charge in [0.15, 0.2) is 0 Å². The molecule has 1 atom stereocenters. The lowest BCUT2D eigenvalue weighted by Crippen LogP contribution is -2.40. The minimum absolute atomic E-state index is 0.0345. The summed E-state index contributed by atoms with van der Waals surface area (Å²) in [6.07, 6.45) is 5.86. The van der Waals surface area contributed by atoms with Crippen LogP contribution in [0.5, 0.6) is 0 Å². The Balaban J connectivity index is 1.81. The van der Waals surface area contributed by atoms with E-state index in [1.807, 2.05) is 0 Å². The Morgan fingerprint density at radius 1 is 1.46 bits per heavy atom. The molecule has 24 heavy (non-hydrogen) atoms. The van der Waals surface area contributed by atoms with Crippen molar-refractivity contribution in [1.82, 2.24) is 10.2 Å². The zero-order valence-corrected chi connectivity index (χ0v) is 14.7. The Labute approximate surface area is 147 Å². The second kappa shape index (κ2) is 8.99. The number of benzene rings is 1. The summed E-state index contributed by atoms with van der Waals surface area (Å²) in [4.78, 5) is 24.9. The van der Waals surface area contributed by atoms with E-state index in [4.69, 9.17) is 11.6 Å². The Morgan fingerprint density at radius 2 is 2.25 bits per heavy atom. The van der Waals surface area contributed by atoms with Crippen LogP contribution in [0.25, 0.3) is 0 Å². The van der Waals surface area contributed by atoms with Gasteiger partial charge < -0.3 is 10.2 Å². The average Bonchev–Trinajstić information content (AvgIpc) is 2.59. The van der Waals surface area contributed by atoms with Gasteiger partial charge in [-0.25, -0.2) is 0 Å². The Bertz CT molecular complexity index is 594. The van der Waals surface area contributed by atoms with Crippen molar-refractivity contribution in [2.24, 2.45) is 0 Å². The number of hydrogen-bond acceptors (Lipinski definition) is 4. The zero-order chi connectivity index (χ0) is 17.5. The van der Waals surface area contributed by atoms with Gasteiger partial charge in [0, 0.05) is 30.8 Å². The summed E-state index contributed by atoms with van der Waals surface area (Å²) in [5.74, 6) is -0.305. The molecule has 1 aromatic rings. The van der Waals surface area contributed by atoms with Crippen molar-refractivity contribution in [2.45, 2.75) is 45.1 Å². The SMILES string of the molecule is CCC1CCCCN1CCCNC(=O)c1ccc(Cl)c([N+](=O)[O-])c1. The number of halogens is 1. The fourth-order valence-electron chi connectivity index (χ4n) is 3.20. The molecular formula is C17H24ClN3O3. The summed E-state index contributed by atoms with van der Waals surface area (Å²) >= 11 is 5.76. The quantitative estimate of drug-likeness (QED) is 0.461. The van der Waals surface area contributed by atoms with Crippen LogP contribution in [0.2, 0.25) is 5.02 Å². The summed E-state index contributed by atoms with van der Waals surface area (Å²) in [5.41, 5.74) is 0.0129. The maximum Gasteiger partial charge on any atom is 0.288 e. The van der Waals surface area contributed by atoms with Crippen molar-refractivity contribution in [3.8, 4) is 0 Å². The molecule has 0 aromatic heterocycles. The van der Waals surface area contributed by atoms with Gasteiger partial charge in [-0.15, -0.1) is 0 Å². The molecule has 1 saturated heterocycles. The number of nitrogens with zero attached hydrogens (tertiary/aromatic N) is 2. The molecule has 1 aromatic carbocycles. The predicted molar refractivity (Wildman–Crippen MR) is 94.6 cm³/mol. The van der Waals surface area contributed by atoms with Gasteiger partial charge in [-0.05, 0) is 44.4 Å². The molecule has 1 fully saturated rings. The summed E-state index contributed by atoms with van der Waals surface area (Å²) in [7, 11) is 0. The first-order valence-electron chi connectivity index (χ1n) is 8.49. The number of nitrogens with one attached hydrogen (secondary N) is 1. The lowest BCUT2D eigenvalue weighted by molar-refractivity contribution is -0.384. The lowest BCUT2D eigenvalue weighted by Gasteiger charge is -2.35. The normalized spacial score (nSPS) is 18.3. The number of likely N-dealkylation sites (tertiary alicyclic amines) is 1. The molecule has 6 nitrogen and oxygen atoms in total. The van der Waals surface area contributed by atoms with E-state index in [1.54, 1.807) is 0 Å². The van der Waals surface area contributed by atoms with E-state index in [0.717, 1.165) is 19.5 Å². The van der Waals surface area contributed by atoms with Crippen LogP contribution in [0.15, 0.2) is 18.2 Å². The van der Waals surface area contributed by atoms with Gasteiger partial charge in [0.25, 0.3) is 11.6 Å². The highest BCUT2D eigenvalue weighted by atomic mass is 35.5. The number of carbonyl (C=O) groups is 1. The molecule has 1 amide bonds. The van der Waals surface area contributed by atoms with Crippen LogP contribution in [0.3, 0.4) is 0 Å². The van der Waals surface area contributed by atoms with E-state index in [1.165, 1.54) is 43.9 Å². The smallest absolute Gasteiger partial charge is 0.288 e. The average molecular weight is 354 g/mol. The van der Waals surface area contributed by atoms with Crippen molar-refractivity contribution in [3.05, 3.63) is 38.9 Å². The zero-order valence-electron chi connectivity index (χ0n) is 14.0. The van der Waals surface area contributed by atoms with Crippen LogP contribution in [-0.2, 0) is 0 Å². The van der Waals surface area contributed by atoms with Crippen molar-refractivity contribution >= 4 is 23.2 Å². The largest absolute Gasteiger partial charge is 0.352 e. The van der Waals surface area contributed by atoms with Crippen LogP contribution in [0, 0.1) is 10.1 Å². The van der Waals surface area contributed by atoms with E-state index < -0.39 is 4.92 Å². The molecule has 1 unspecified atom stereocenters. The van der Waals surface area contributed by atoms with Crippen LogP contribution in [-0.4, -0.2) is 41.4 Å². The molecule has 1 heterocycles. The molecular weight excluding hydrogens is 330 g/mol. The number of nitro groups is 1. The van der Waals surface area contributed by atoms with Crippen molar-refractivity contribution in [3.63, 3.8) is 0 Å². The fraction of sp³-hybridized carbons (Fsp3) is 0.588. The molecule has 1 aliphatic rings. The summed E-state index contributed by atoms with van der Waals surface area (Å²) < 4.78 is 0. The first-order valence-corrected chi connectivity index (χ1v) is 8.87. The van der Waals surface area contributed by atoms with Gasteiger partial charge in [0.2, 0.25) is 0 Å². The molecule has 0 radical (unpaired) electrons. The minimum atomic E-state index is -0.583. The van der Waals surface area contributed by atoms with E-state index in [-0.39, 0.29) is 22.2 Å². The fourth-order valence-corrected chi connectivity index (χ4v) is 3.38. The summed E-state index contributed by atoms with van der Waals surface area (Å²) in [6.45, 7) is 4.88. The predicted octanol–water partition coefficient (Wildman–Crippen LogP) is 3.63. The third-order valence-corrected chi connectivity index (χ3v) is 4.85. The van der Waals surface area contributed by atoms with Gasteiger partial charge in [0.1, 0.15) is 5.02 Å². The van der Waals surface area contributed by atoms with Gasteiger partial charge in [-0.3, -0.25) is 14.9 Å². The van der Waals surface area contributed by atoms with E-state index in [9.17, 15) is 14.9 Å². The van der Waals surface area contributed by atoms with Gasteiger partial charge in [-0.2, -0.15) is 0 Å². The van der Waals surface area contributed by atoms with Gasteiger partial charge in [0.05, 0.1) is 4.92 Å². The number of piperidine rings is 1. The molecule has 7 heteroatoms. The number of amides is 1. The van der Waals surface area contributed by atoms with Gasteiger partial charge >= 0.3 is 0 Å². The number of carbonyl (C=O) groups excluding carboxylic acids is 1.